The molecule has 0 aromatic heterocycles. The maximum absolute atomic E-state index is 12.2. The standard InChI is InChI=1S/C16H28O2S/c17-16(10-9-13-5-2-1-3-6-13)11-14-7-4-8-15(12-16)19(14)18/h13-15,17H,1-12H2. The van der Waals surface area contributed by atoms with Crippen LogP contribution in [0.4, 0.5) is 0 Å². The summed E-state index contributed by atoms with van der Waals surface area (Å²) in [6.07, 6.45) is 14.1. The Hall–Kier alpha value is 0.110. The smallest absolute Gasteiger partial charge is 0.0670 e. The molecule has 2 unspecified atom stereocenters. The fourth-order valence-electron chi connectivity index (χ4n) is 4.53. The number of aliphatic hydroxyl groups is 1. The molecule has 0 spiro atoms. The number of hydrogen-bond acceptors (Lipinski definition) is 2. The highest BCUT2D eigenvalue weighted by Gasteiger charge is 2.45. The van der Waals surface area contributed by atoms with E-state index in [-0.39, 0.29) is 0 Å². The summed E-state index contributed by atoms with van der Waals surface area (Å²) >= 11 is 0. The maximum atomic E-state index is 12.2. The lowest BCUT2D eigenvalue weighted by Crippen LogP contribution is -2.49. The highest BCUT2D eigenvalue weighted by Crippen LogP contribution is 2.42. The molecule has 3 heteroatoms. The Morgan fingerprint density at radius 1 is 0.947 bits per heavy atom. The summed E-state index contributed by atoms with van der Waals surface area (Å²) in [5, 5.41) is 11.5. The lowest BCUT2D eigenvalue weighted by Gasteiger charge is -2.44. The molecule has 0 aromatic rings. The van der Waals surface area contributed by atoms with Gasteiger partial charge in [-0.05, 0) is 44.4 Å². The van der Waals surface area contributed by atoms with Gasteiger partial charge in [0.05, 0.1) is 5.60 Å². The lowest BCUT2D eigenvalue weighted by molar-refractivity contribution is -0.00350. The van der Waals surface area contributed by atoms with Gasteiger partial charge in [0.25, 0.3) is 0 Å². The van der Waals surface area contributed by atoms with Crippen molar-refractivity contribution in [3.8, 4) is 0 Å². The van der Waals surface area contributed by atoms with Crippen molar-refractivity contribution in [2.24, 2.45) is 5.92 Å². The molecular formula is C16H28O2S. The second kappa shape index (κ2) is 5.85. The minimum Gasteiger partial charge on any atom is -0.390 e. The van der Waals surface area contributed by atoms with E-state index in [1.807, 2.05) is 0 Å². The molecule has 0 amide bonds. The maximum Gasteiger partial charge on any atom is 0.0670 e. The summed E-state index contributed by atoms with van der Waals surface area (Å²) in [7, 11) is -0.651. The molecule has 1 N–H and O–H groups in total. The van der Waals surface area contributed by atoms with Crippen LogP contribution in [0.5, 0.6) is 0 Å². The van der Waals surface area contributed by atoms with Crippen LogP contribution in [-0.4, -0.2) is 25.4 Å². The van der Waals surface area contributed by atoms with E-state index in [9.17, 15) is 9.32 Å². The third kappa shape index (κ3) is 3.24. The zero-order valence-corrected chi connectivity index (χ0v) is 12.8. The average molecular weight is 284 g/mol. The Morgan fingerprint density at radius 2 is 1.58 bits per heavy atom. The third-order valence-electron chi connectivity index (χ3n) is 5.67. The van der Waals surface area contributed by atoms with Crippen molar-refractivity contribution in [1.29, 1.82) is 0 Å². The first-order valence-electron chi connectivity index (χ1n) is 8.28. The topological polar surface area (TPSA) is 37.3 Å². The number of hydrogen-bond donors (Lipinski definition) is 1. The van der Waals surface area contributed by atoms with Crippen LogP contribution in [0.25, 0.3) is 0 Å². The molecule has 2 nitrogen and oxygen atoms in total. The molecule has 2 saturated heterocycles. The molecule has 0 aromatic carbocycles. The summed E-state index contributed by atoms with van der Waals surface area (Å²) in [5.41, 5.74) is -0.485. The summed E-state index contributed by atoms with van der Waals surface area (Å²) < 4.78 is 12.2. The van der Waals surface area contributed by atoms with E-state index in [1.165, 1.54) is 44.9 Å². The minimum atomic E-state index is -0.651. The van der Waals surface area contributed by atoms with E-state index in [0.717, 1.165) is 38.0 Å². The molecule has 1 saturated carbocycles. The van der Waals surface area contributed by atoms with Crippen molar-refractivity contribution in [3.05, 3.63) is 0 Å². The fraction of sp³-hybridized carbons (Fsp3) is 1.00. The molecule has 1 aliphatic carbocycles. The molecule has 0 radical (unpaired) electrons. The van der Waals surface area contributed by atoms with Crippen LogP contribution in [0.3, 0.4) is 0 Å². The van der Waals surface area contributed by atoms with Crippen LogP contribution in [0, 0.1) is 5.92 Å². The Kier molecular flexibility index (Phi) is 4.33. The predicted molar refractivity (Wildman–Crippen MR) is 79.6 cm³/mol. The van der Waals surface area contributed by atoms with Gasteiger partial charge in [0.1, 0.15) is 0 Å². The summed E-state index contributed by atoms with van der Waals surface area (Å²) in [4.78, 5) is 0. The lowest BCUT2D eigenvalue weighted by atomic mass is 9.78. The summed E-state index contributed by atoms with van der Waals surface area (Å²) in [6, 6.07) is 0. The van der Waals surface area contributed by atoms with E-state index < -0.39 is 16.4 Å². The molecule has 110 valence electrons. The Balaban J connectivity index is 1.56. The van der Waals surface area contributed by atoms with Crippen molar-refractivity contribution in [2.75, 3.05) is 0 Å². The van der Waals surface area contributed by atoms with E-state index in [2.05, 4.69) is 0 Å². The average Bonchev–Trinajstić information content (AvgIpc) is 2.40. The third-order valence-corrected chi connectivity index (χ3v) is 7.79. The zero-order valence-electron chi connectivity index (χ0n) is 12.0. The van der Waals surface area contributed by atoms with Gasteiger partial charge < -0.3 is 5.11 Å². The second-order valence-electron chi connectivity index (χ2n) is 7.18. The normalized spacial score (nSPS) is 44.2. The van der Waals surface area contributed by atoms with Crippen molar-refractivity contribution < 1.29 is 9.32 Å². The van der Waals surface area contributed by atoms with Crippen LogP contribution >= 0.6 is 0 Å². The highest BCUT2D eigenvalue weighted by molar-refractivity contribution is 7.86. The minimum absolute atomic E-state index is 0.295. The van der Waals surface area contributed by atoms with E-state index in [4.69, 9.17) is 0 Å². The molecule has 3 fully saturated rings. The molecule has 2 bridgehead atoms. The number of rotatable bonds is 3. The van der Waals surface area contributed by atoms with Crippen molar-refractivity contribution in [1.82, 2.24) is 0 Å². The molecule has 19 heavy (non-hydrogen) atoms. The van der Waals surface area contributed by atoms with Gasteiger partial charge in [0, 0.05) is 21.3 Å². The van der Waals surface area contributed by atoms with Crippen molar-refractivity contribution in [2.45, 2.75) is 93.2 Å². The van der Waals surface area contributed by atoms with Crippen LogP contribution in [0.1, 0.15) is 77.0 Å². The fourth-order valence-corrected chi connectivity index (χ4v) is 6.82. The van der Waals surface area contributed by atoms with Gasteiger partial charge >= 0.3 is 0 Å². The van der Waals surface area contributed by atoms with Gasteiger partial charge in [-0.25, -0.2) is 0 Å². The Bertz CT molecular complexity index is 320. The van der Waals surface area contributed by atoms with Gasteiger partial charge in [-0.3, -0.25) is 4.21 Å². The first-order valence-corrected chi connectivity index (χ1v) is 9.56. The predicted octanol–water partition coefficient (Wildman–Crippen LogP) is 3.54. The van der Waals surface area contributed by atoms with Gasteiger partial charge in [-0.1, -0.05) is 38.5 Å². The molecular weight excluding hydrogens is 256 g/mol. The Labute approximate surface area is 119 Å². The Morgan fingerprint density at radius 3 is 2.21 bits per heavy atom. The van der Waals surface area contributed by atoms with Crippen molar-refractivity contribution >= 4 is 10.8 Å². The quantitative estimate of drug-likeness (QED) is 0.860. The van der Waals surface area contributed by atoms with Gasteiger partial charge in [0.2, 0.25) is 0 Å². The van der Waals surface area contributed by atoms with Crippen LogP contribution in [0.2, 0.25) is 0 Å². The molecule has 2 aliphatic heterocycles. The zero-order chi connectivity index (χ0) is 13.3. The van der Waals surface area contributed by atoms with E-state index >= 15 is 0 Å². The van der Waals surface area contributed by atoms with Crippen LogP contribution in [-0.2, 0) is 10.8 Å². The molecule has 3 rings (SSSR count). The summed E-state index contributed by atoms with van der Waals surface area (Å²) in [6.45, 7) is 0. The first kappa shape index (κ1) is 14.1. The highest BCUT2D eigenvalue weighted by atomic mass is 32.2. The monoisotopic (exact) mass is 284 g/mol. The first-order chi connectivity index (χ1) is 9.16. The van der Waals surface area contributed by atoms with Crippen LogP contribution < -0.4 is 0 Å². The largest absolute Gasteiger partial charge is 0.390 e. The van der Waals surface area contributed by atoms with Gasteiger partial charge in [0.15, 0.2) is 0 Å². The van der Waals surface area contributed by atoms with Crippen molar-refractivity contribution in [3.63, 3.8) is 0 Å². The van der Waals surface area contributed by atoms with Crippen LogP contribution in [0.15, 0.2) is 0 Å². The molecule has 2 atom stereocenters. The number of fused-ring (bicyclic) bond motifs is 2. The summed E-state index contributed by atoms with van der Waals surface area (Å²) in [5.74, 6) is 0.852. The van der Waals surface area contributed by atoms with Gasteiger partial charge in [-0.15, -0.1) is 0 Å². The second-order valence-corrected chi connectivity index (χ2v) is 9.17. The molecule has 2 heterocycles. The SMILES string of the molecule is O=S1C2CCCC1CC(O)(CCC1CCCCC1)C2. The van der Waals surface area contributed by atoms with E-state index in [1.54, 1.807) is 0 Å². The van der Waals surface area contributed by atoms with Gasteiger partial charge in [-0.2, -0.15) is 0 Å². The molecule has 3 aliphatic rings. The van der Waals surface area contributed by atoms with E-state index in [0.29, 0.717) is 10.5 Å².